The van der Waals surface area contributed by atoms with Crippen LogP contribution in [0.1, 0.15) is 62.5 Å². The molecule has 146 valence electrons. The Morgan fingerprint density at radius 3 is 2.42 bits per heavy atom. The summed E-state index contributed by atoms with van der Waals surface area (Å²) < 4.78 is 26.0. The second kappa shape index (κ2) is 9.00. The number of hydrogen-bond acceptors (Lipinski definition) is 3. The minimum absolute atomic E-state index is 0.0392. The van der Waals surface area contributed by atoms with Crippen molar-refractivity contribution in [1.29, 1.82) is 0 Å². The molecule has 0 bridgehead atoms. The third kappa shape index (κ3) is 5.30. The molecule has 0 radical (unpaired) electrons. The molecular weight excluding hydrogens is 348 g/mol. The fraction of sp³-hybridized carbons (Fsp3) is 0.650. The highest BCUT2D eigenvalue weighted by Crippen LogP contribution is 2.28. The van der Waals surface area contributed by atoms with Gasteiger partial charge in [-0.05, 0) is 55.9 Å². The van der Waals surface area contributed by atoms with E-state index in [1.54, 1.807) is 12.1 Å². The lowest BCUT2D eigenvalue weighted by atomic mass is 9.86. The van der Waals surface area contributed by atoms with E-state index in [-0.39, 0.29) is 10.8 Å². The third-order valence-electron chi connectivity index (χ3n) is 5.43. The van der Waals surface area contributed by atoms with Gasteiger partial charge in [0, 0.05) is 26.2 Å². The number of rotatable bonds is 7. The predicted molar refractivity (Wildman–Crippen MR) is 106 cm³/mol. The number of nitrogens with zero attached hydrogens (tertiary/aromatic N) is 1. The summed E-state index contributed by atoms with van der Waals surface area (Å²) in [6.07, 6.45) is 9.08. The minimum Gasteiger partial charge on any atom is -0.326 e. The maximum Gasteiger partial charge on any atom is 0.242 e. The van der Waals surface area contributed by atoms with Gasteiger partial charge in [-0.15, -0.1) is 0 Å². The quantitative estimate of drug-likeness (QED) is 0.769. The van der Waals surface area contributed by atoms with E-state index < -0.39 is 10.0 Å². The van der Waals surface area contributed by atoms with E-state index in [1.165, 1.54) is 50.5 Å². The fourth-order valence-electron chi connectivity index (χ4n) is 3.56. The van der Waals surface area contributed by atoms with Crippen LogP contribution in [0.25, 0.3) is 0 Å². The van der Waals surface area contributed by atoms with E-state index in [4.69, 9.17) is 0 Å². The molecule has 6 heteroatoms. The highest BCUT2D eigenvalue weighted by atomic mass is 32.2. The molecule has 0 heterocycles. The number of nitrogens with one attached hydrogen (secondary N) is 1. The Balaban J connectivity index is 2.01. The molecule has 1 aliphatic carbocycles. The van der Waals surface area contributed by atoms with Crippen LogP contribution in [0.3, 0.4) is 0 Å². The van der Waals surface area contributed by atoms with Gasteiger partial charge in [0.1, 0.15) is 0 Å². The first-order valence-corrected chi connectivity index (χ1v) is 11.0. The first-order chi connectivity index (χ1) is 12.2. The van der Waals surface area contributed by atoms with Crippen molar-refractivity contribution < 1.29 is 13.2 Å². The van der Waals surface area contributed by atoms with Gasteiger partial charge in [-0.3, -0.25) is 4.79 Å². The summed E-state index contributed by atoms with van der Waals surface area (Å²) in [5.74, 6) is 0.733. The summed E-state index contributed by atoms with van der Waals surface area (Å²) in [5, 5.41) is 2.92. The van der Waals surface area contributed by atoms with Crippen molar-refractivity contribution in [2.75, 3.05) is 19.4 Å². The zero-order valence-corrected chi connectivity index (χ0v) is 17.3. The van der Waals surface area contributed by atoms with Crippen LogP contribution in [-0.4, -0.2) is 32.7 Å². The van der Waals surface area contributed by atoms with Crippen LogP contribution in [0, 0.1) is 19.8 Å². The average molecular weight is 381 g/mol. The molecule has 1 amide bonds. The van der Waals surface area contributed by atoms with Crippen molar-refractivity contribution in [1.82, 2.24) is 4.31 Å². The summed E-state index contributed by atoms with van der Waals surface area (Å²) in [4.78, 5) is 12.6. The van der Waals surface area contributed by atoms with Crippen LogP contribution in [0.5, 0.6) is 0 Å². The molecule has 1 fully saturated rings. The zero-order valence-electron chi connectivity index (χ0n) is 16.5. The lowest BCUT2D eigenvalue weighted by Crippen LogP contribution is -2.23. The van der Waals surface area contributed by atoms with E-state index in [0.29, 0.717) is 12.1 Å². The molecule has 0 aliphatic heterocycles. The topological polar surface area (TPSA) is 66.5 Å². The van der Waals surface area contributed by atoms with Crippen molar-refractivity contribution in [3.8, 4) is 0 Å². The number of hydrogen-bond donors (Lipinski definition) is 1. The lowest BCUT2D eigenvalue weighted by Gasteiger charge is -2.21. The second-order valence-corrected chi connectivity index (χ2v) is 9.80. The molecule has 0 atom stereocenters. The van der Waals surface area contributed by atoms with Crippen molar-refractivity contribution in [2.24, 2.45) is 5.92 Å². The number of amides is 1. The van der Waals surface area contributed by atoms with Crippen LogP contribution in [0.4, 0.5) is 5.69 Å². The Labute approximate surface area is 158 Å². The van der Waals surface area contributed by atoms with Crippen LogP contribution in [-0.2, 0) is 14.8 Å². The summed E-state index contributed by atoms with van der Waals surface area (Å²) >= 11 is 0. The van der Waals surface area contributed by atoms with E-state index in [1.807, 2.05) is 13.8 Å². The summed E-state index contributed by atoms with van der Waals surface area (Å²) in [6.45, 7) is 3.77. The van der Waals surface area contributed by atoms with Crippen LogP contribution < -0.4 is 5.32 Å². The number of carbonyl (C=O) groups excluding carboxylic acids is 1. The van der Waals surface area contributed by atoms with Crippen LogP contribution in [0.2, 0.25) is 0 Å². The summed E-state index contributed by atoms with van der Waals surface area (Å²) in [6, 6.07) is 3.22. The summed E-state index contributed by atoms with van der Waals surface area (Å²) in [5.41, 5.74) is 2.35. The fourth-order valence-corrected chi connectivity index (χ4v) is 4.57. The van der Waals surface area contributed by atoms with Crippen molar-refractivity contribution in [3.05, 3.63) is 23.3 Å². The standard InChI is InChI=1S/C20H32N2O3S/c1-15-13-18(26(24,25)22(3)4)14-19(16(15)2)21-20(23)12-8-11-17-9-6-5-7-10-17/h13-14,17H,5-12H2,1-4H3,(H,21,23). The summed E-state index contributed by atoms with van der Waals surface area (Å²) in [7, 11) is -0.508. The second-order valence-electron chi connectivity index (χ2n) is 7.64. The van der Waals surface area contributed by atoms with Gasteiger partial charge in [-0.2, -0.15) is 0 Å². The molecular formula is C20H32N2O3S. The highest BCUT2D eigenvalue weighted by Gasteiger charge is 2.20. The third-order valence-corrected chi connectivity index (χ3v) is 7.23. The molecule has 1 saturated carbocycles. The van der Waals surface area contributed by atoms with Gasteiger partial charge in [0.2, 0.25) is 15.9 Å². The first-order valence-electron chi connectivity index (χ1n) is 9.55. The Morgan fingerprint density at radius 1 is 1.15 bits per heavy atom. The smallest absolute Gasteiger partial charge is 0.242 e. The van der Waals surface area contributed by atoms with Gasteiger partial charge in [-0.25, -0.2) is 12.7 Å². The van der Waals surface area contributed by atoms with E-state index in [9.17, 15) is 13.2 Å². The highest BCUT2D eigenvalue weighted by molar-refractivity contribution is 7.89. The Hall–Kier alpha value is -1.40. The average Bonchev–Trinajstić information content (AvgIpc) is 2.59. The normalized spacial score (nSPS) is 16.0. The van der Waals surface area contributed by atoms with Gasteiger partial charge in [0.25, 0.3) is 0 Å². The molecule has 5 nitrogen and oxygen atoms in total. The number of sulfonamides is 1. The molecule has 1 N–H and O–H groups in total. The van der Waals surface area contributed by atoms with Gasteiger partial charge in [0.15, 0.2) is 0 Å². The van der Waals surface area contributed by atoms with Crippen LogP contribution in [0.15, 0.2) is 17.0 Å². The molecule has 0 unspecified atom stereocenters. The van der Waals surface area contributed by atoms with Gasteiger partial charge in [0.05, 0.1) is 4.90 Å². The molecule has 26 heavy (non-hydrogen) atoms. The lowest BCUT2D eigenvalue weighted by molar-refractivity contribution is -0.116. The zero-order chi connectivity index (χ0) is 19.3. The maximum absolute atomic E-state index is 12.4. The molecule has 1 aliphatic rings. The molecule has 0 spiro atoms. The van der Waals surface area contributed by atoms with E-state index in [0.717, 1.165) is 29.9 Å². The van der Waals surface area contributed by atoms with Crippen molar-refractivity contribution in [2.45, 2.75) is 70.1 Å². The Kier molecular flexibility index (Phi) is 7.24. The van der Waals surface area contributed by atoms with Gasteiger partial charge in [-0.1, -0.05) is 32.1 Å². The van der Waals surface area contributed by atoms with Gasteiger partial charge >= 0.3 is 0 Å². The maximum atomic E-state index is 12.4. The van der Waals surface area contributed by atoms with E-state index in [2.05, 4.69) is 5.32 Å². The minimum atomic E-state index is -3.52. The molecule has 0 aromatic heterocycles. The number of carbonyl (C=O) groups is 1. The van der Waals surface area contributed by atoms with E-state index >= 15 is 0 Å². The Bertz CT molecular complexity index is 736. The number of benzene rings is 1. The monoisotopic (exact) mass is 380 g/mol. The van der Waals surface area contributed by atoms with Crippen molar-refractivity contribution in [3.63, 3.8) is 0 Å². The molecule has 1 aromatic carbocycles. The van der Waals surface area contributed by atoms with Crippen molar-refractivity contribution >= 4 is 21.6 Å². The number of aryl methyl sites for hydroxylation is 1. The SMILES string of the molecule is Cc1cc(S(=O)(=O)N(C)C)cc(NC(=O)CCCC2CCCCC2)c1C. The molecule has 0 saturated heterocycles. The molecule has 2 rings (SSSR count). The first kappa shape index (κ1) is 20.9. The Morgan fingerprint density at radius 2 is 1.81 bits per heavy atom. The van der Waals surface area contributed by atoms with Gasteiger partial charge < -0.3 is 5.32 Å². The molecule has 1 aromatic rings. The largest absolute Gasteiger partial charge is 0.326 e. The van der Waals surface area contributed by atoms with Crippen LogP contribution >= 0.6 is 0 Å². The number of anilines is 1. The predicted octanol–water partition coefficient (Wildman–Crippen LogP) is 4.24.